The molecule has 34 heteroatoms. The molecular formula is C81H140N18O16. The number of hydrogen-bond donors (Lipinski definition) is 13. The summed E-state index contributed by atoms with van der Waals surface area (Å²) < 4.78 is 0. The van der Waals surface area contributed by atoms with Gasteiger partial charge in [-0.1, -0.05) is 48.5 Å². The van der Waals surface area contributed by atoms with Crippen molar-refractivity contribution >= 4 is 94.5 Å². The second kappa shape index (κ2) is 41.5. The molecule has 5 saturated heterocycles. The summed E-state index contributed by atoms with van der Waals surface area (Å²) in [6.07, 6.45) is 9.45. The second-order valence-corrected chi connectivity index (χ2v) is 36.8. The molecule has 5 aliphatic heterocycles. The molecule has 5 fully saturated rings. The van der Waals surface area contributed by atoms with E-state index in [9.17, 15) is 76.7 Å². The molecule has 0 bridgehead atoms. The molecule has 0 radical (unpaired) electrons. The fourth-order valence-corrected chi connectivity index (χ4v) is 15.4. The minimum absolute atomic E-state index is 0.0578. The number of piperidine rings is 3. The Balaban J connectivity index is 1.07. The first-order valence-electron chi connectivity index (χ1n) is 41.6. The van der Waals surface area contributed by atoms with Crippen molar-refractivity contribution < 1.29 is 76.7 Å². The molecule has 8 atom stereocenters. The van der Waals surface area contributed by atoms with Crippen molar-refractivity contribution in [3.63, 3.8) is 0 Å². The maximum atomic E-state index is 14.4. The fourth-order valence-electron chi connectivity index (χ4n) is 15.4. The molecule has 0 aromatic heterocycles. The van der Waals surface area contributed by atoms with Crippen molar-refractivity contribution in [1.82, 2.24) is 93.6 Å². The third-order valence-electron chi connectivity index (χ3n) is 22.3. The van der Waals surface area contributed by atoms with Gasteiger partial charge in [0.15, 0.2) is 0 Å². The molecular weight excluding hydrogens is 1480 g/mol. The highest BCUT2D eigenvalue weighted by atomic mass is 16.2. The Hall–Kier alpha value is -8.56. The quantitative estimate of drug-likeness (QED) is 0.0414. The zero-order chi connectivity index (χ0) is 86.7. The zero-order valence-corrected chi connectivity index (χ0v) is 72.6. The Morgan fingerprint density at radius 3 is 1.31 bits per heavy atom. The minimum Gasteiger partial charge on any atom is -0.354 e. The van der Waals surface area contributed by atoms with Crippen LogP contribution in [0.2, 0.25) is 0 Å². The van der Waals surface area contributed by atoms with Crippen molar-refractivity contribution in [1.29, 1.82) is 0 Å². The van der Waals surface area contributed by atoms with E-state index in [0.717, 1.165) is 58.2 Å². The molecule has 13 N–H and O–H groups in total. The van der Waals surface area contributed by atoms with E-state index in [1.807, 2.05) is 34.6 Å². The Kier molecular flexibility index (Phi) is 35.0. The van der Waals surface area contributed by atoms with E-state index in [1.54, 1.807) is 20.8 Å². The second-order valence-electron chi connectivity index (χ2n) is 36.8. The molecule has 5 heterocycles. The van der Waals surface area contributed by atoms with Crippen LogP contribution in [0.5, 0.6) is 0 Å². The summed E-state index contributed by atoms with van der Waals surface area (Å²) in [6, 6.07) is -5.17. The average Bonchev–Trinajstić information content (AvgIpc) is 1.26. The van der Waals surface area contributed by atoms with Gasteiger partial charge < -0.3 is 83.8 Å². The molecule has 0 aromatic rings. The van der Waals surface area contributed by atoms with Crippen LogP contribution in [0.15, 0.2) is 0 Å². The summed E-state index contributed by atoms with van der Waals surface area (Å²) in [5, 5.41) is 35.5. The van der Waals surface area contributed by atoms with E-state index in [1.165, 1.54) is 90.9 Å². The molecule has 16 amide bonds. The molecule has 5 unspecified atom stereocenters. The Morgan fingerprint density at radius 2 is 0.809 bits per heavy atom. The van der Waals surface area contributed by atoms with Crippen molar-refractivity contribution in [2.75, 3.05) is 65.4 Å². The average molecular weight is 1620 g/mol. The van der Waals surface area contributed by atoms with Crippen LogP contribution >= 0.6 is 0 Å². The molecule has 0 aromatic carbocycles. The van der Waals surface area contributed by atoms with E-state index < -0.39 is 165 Å². The molecule has 0 spiro atoms. The highest BCUT2D eigenvalue weighted by Gasteiger charge is 2.48. The van der Waals surface area contributed by atoms with Gasteiger partial charge in [0.05, 0.1) is 19.3 Å². The van der Waals surface area contributed by atoms with Crippen molar-refractivity contribution in [3.05, 3.63) is 0 Å². The van der Waals surface area contributed by atoms with Crippen LogP contribution in [0, 0.1) is 17.8 Å². The molecule has 115 heavy (non-hydrogen) atoms. The molecule has 5 rings (SSSR count). The summed E-state index contributed by atoms with van der Waals surface area (Å²) >= 11 is 0. The monoisotopic (exact) mass is 1620 g/mol. The summed E-state index contributed by atoms with van der Waals surface area (Å²) in [6.45, 7) is 37.1. The van der Waals surface area contributed by atoms with Crippen LogP contribution in [0.3, 0.4) is 0 Å². The van der Waals surface area contributed by atoms with Crippen LogP contribution < -0.4 is 69.1 Å². The minimum atomic E-state index is -1.67. The predicted molar refractivity (Wildman–Crippen MR) is 432 cm³/mol. The van der Waals surface area contributed by atoms with Gasteiger partial charge >= 0.3 is 0 Å². The van der Waals surface area contributed by atoms with Crippen LogP contribution in [0.1, 0.15) is 255 Å². The van der Waals surface area contributed by atoms with Crippen molar-refractivity contribution in [3.8, 4) is 0 Å². The number of carbonyl (C=O) groups excluding carboxylic acids is 16. The van der Waals surface area contributed by atoms with Crippen LogP contribution in [0.4, 0.5) is 0 Å². The number of nitrogens with one attached hydrogen (secondary N) is 13. The largest absolute Gasteiger partial charge is 0.354 e. The zero-order valence-electron chi connectivity index (χ0n) is 72.6. The van der Waals surface area contributed by atoms with E-state index in [2.05, 4.69) is 92.8 Å². The highest BCUT2D eigenvalue weighted by molar-refractivity contribution is 6.02. The predicted octanol–water partition coefficient (Wildman–Crippen LogP) is 1.26. The van der Waals surface area contributed by atoms with Crippen molar-refractivity contribution in [2.24, 2.45) is 17.8 Å². The first-order valence-corrected chi connectivity index (χ1v) is 41.6. The Labute approximate surface area is 680 Å². The molecule has 0 saturated carbocycles. The summed E-state index contributed by atoms with van der Waals surface area (Å²) in [4.78, 5) is 230. The fraction of sp³-hybridized carbons (Fsp3) is 0.802. The summed E-state index contributed by atoms with van der Waals surface area (Å²) in [5.41, 5.74) is -11.0. The van der Waals surface area contributed by atoms with Crippen LogP contribution in [-0.2, 0) is 76.7 Å². The lowest BCUT2D eigenvalue weighted by molar-refractivity contribution is -0.150. The topological polar surface area (TPSA) is 446 Å². The van der Waals surface area contributed by atoms with Gasteiger partial charge in [-0.05, 0) is 217 Å². The maximum Gasteiger partial charge on any atom is 0.248 e. The van der Waals surface area contributed by atoms with E-state index >= 15 is 0 Å². The summed E-state index contributed by atoms with van der Waals surface area (Å²) in [5.74, 6) is -9.71. The smallest absolute Gasteiger partial charge is 0.248 e. The first-order chi connectivity index (χ1) is 53.3. The lowest BCUT2D eigenvalue weighted by atomic mass is 9.93. The number of nitrogens with zero attached hydrogens (tertiary/aromatic N) is 5. The van der Waals surface area contributed by atoms with Gasteiger partial charge in [-0.15, -0.1) is 0 Å². The molecule has 650 valence electrons. The van der Waals surface area contributed by atoms with Gasteiger partial charge in [0, 0.05) is 65.2 Å². The summed E-state index contributed by atoms with van der Waals surface area (Å²) in [7, 11) is 0. The highest BCUT2D eigenvalue weighted by Crippen LogP contribution is 2.29. The van der Waals surface area contributed by atoms with E-state index in [0.29, 0.717) is 57.3 Å². The normalized spacial score (nSPS) is 20.0. The van der Waals surface area contributed by atoms with E-state index in [4.69, 9.17) is 0 Å². The van der Waals surface area contributed by atoms with Crippen LogP contribution in [0.25, 0.3) is 0 Å². The van der Waals surface area contributed by atoms with Crippen molar-refractivity contribution in [2.45, 2.75) is 336 Å². The van der Waals surface area contributed by atoms with Gasteiger partial charge in [-0.3, -0.25) is 86.5 Å². The maximum absolute atomic E-state index is 14.4. The number of fused-ring (bicyclic) bond motifs is 1. The molecule has 5 aliphatic rings. The number of amides is 16. The van der Waals surface area contributed by atoms with Crippen LogP contribution in [-0.4, -0.2) is 266 Å². The number of rotatable bonds is 38. The van der Waals surface area contributed by atoms with Gasteiger partial charge in [-0.2, -0.15) is 0 Å². The lowest BCUT2D eigenvalue weighted by Gasteiger charge is -2.42. The van der Waals surface area contributed by atoms with E-state index in [-0.39, 0.29) is 87.9 Å². The number of likely N-dealkylation sites (tertiary alicyclic amines) is 3. The Bertz CT molecular complexity index is 3520. The van der Waals surface area contributed by atoms with Gasteiger partial charge in [-0.25, -0.2) is 0 Å². The SMILES string of the molecule is CC[C@](C)(NC(=O)[C@@H](CC(C)C)NC(=O)CNC(=O)C(C)(C)NC(=O)C1CCCCN1C(=O)C(C)(C)NC(=O)C(C)(C)NC(=O)CNC(=O)CCNC(=O)[C@H](CC(C)C)NC(=O)C(C)(C)NC(=O)C(C)(C)NC(=O)C1CCCCN1C(=O)C(C)(C)NC(=O)C1CCCCN1C(C)=O)C(=O)NC(CC(C)C)CN1CCCN2CCCC21. The Morgan fingerprint density at radius 1 is 0.374 bits per heavy atom. The van der Waals surface area contributed by atoms with Gasteiger partial charge in [0.2, 0.25) is 94.5 Å². The number of hydrogen-bond acceptors (Lipinski definition) is 18. The third-order valence-corrected chi connectivity index (χ3v) is 22.3. The first kappa shape index (κ1) is 97.0. The standard InChI is InChI=1S/C81H140N18O16/c1-22-81(21,72(113)85-53(43-49(2)3)48-96-39-30-38-95-37-29-34-62(95)96)92-64(105)55(45-51(6)7)86-60(102)46-84-68(109)75(9,10)89-66(107)57-32-25-28-42-99(57)74(115)80(19,20)94-70(111)77(13,14)88-61(103)47-83-59(101)35-36-82-63(104)54(44-50(4)5)87-69(110)76(11,12)93-71(112)78(15,16)90-67(108)58-33-24-27-41-98(58)73(114)79(17,18)91-65(106)56-31-23-26-40-97(56)52(8)100/h49-51,53-58,62H,22-48H2,1-21H3,(H,82,104)(H,83,101)(H,84,109)(H,85,113)(H,86,102)(H,87,110)(H,88,103)(H,89,107)(H,90,108)(H,91,106)(H,92,105)(H,93,112)(H,94,111)/t53?,54-,55+,56?,57?,58?,62?,81-/m0/s1. The van der Waals surface area contributed by atoms with Gasteiger partial charge in [0.1, 0.15) is 69.0 Å². The third kappa shape index (κ3) is 28.1. The molecule has 34 nitrogen and oxygen atoms in total. The van der Waals surface area contributed by atoms with Gasteiger partial charge in [0.25, 0.3) is 0 Å². The lowest BCUT2D eigenvalue weighted by Crippen LogP contribution is -2.67. The number of carbonyl (C=O) groups is 16. The molecule has 0 aliphatic carbocycles.